The smallest absolute Gasteiger partial charge is 0.0642 e. The SMILES string of the molecule is CCN1CCCC1CN(C)c1ccc(CN)cc1Cl. The van der Waals surface area contributed by atoms with E-state index in [-0.39, 0.29) is 0 Å². The Morgan fingerprint density at radius 3 is 2.89 bits per heavy atom. The fourth-order valence-corrected chi connectivity index (χ4v) is 3.27. The highest BCUT2D eigenvalue weighted by molar-refractivity contribution is 6.33. The molecular formula is C15H24ClN3. The van der Waals surface area contributed by atoms with Crippen molar-refractivity contribution < 1.29 is 0 Å². The number of anilines is 1. The number of hydrogen-bond donors (Lipinski definition) is 1. The number of likely N-dealkylation sites (tertiary alicyclic amines) is 1. The van der Waals surface area contributed by atoms with Gasteiger partial charge in [-0.05, 0) is 43.6 Å². The van der Waals surface area contributed by atoms with Crippen molar-refractivity contribution >= 4 is 17.3 Å². The summed E-state index contributed by atoms with van der Waals surface area (Å²) >= 11 is 6.35. The van der Waals surface area contributed by atoms with E-state index in [1.807, 2.05) is 6.07 Å². The van der Waals surface area contributed by atoms with Gasteiger partial charge in [-0.2, -0.15) is 0 Å². The average Bonchev–Trinajstić information content (AvgIpc) is 2.85. The lowest BCUT2D eigenvalue weighted by Gasteiger charge is -2.29. The van der Waals surface area contributed by atoms with Crippen LogP contribution >= 0.6 is 11.6 Å². The second-order valence-corrected chi connectivity index (χ2v) is 5.70. The van der Waals surface area contributed by atoms with Crippen molar-refractivity contribution in [1.82, 2.24) is 4.90 Å². The molecular weight excluding hydrogens is 258 g/mol. The van der Waals surface area contributed by atoms with Crippen LogP contribution in [0.5, 0.6) is 0 Å². The molecule has 2 N–H and O–H groups in total. The monoisotopic (exact) mass is 281 g/mol. The molecule has 0 aliphatic carbocycles. The summed E-state index contributed by atoms with van der Waals surface area (Å²) in [5, 5.41) is 0.798. The molecule has 1 fully saturated rings. The highest BCUT2D eigenvalue weighted by Crippen LogP contribution is 2.27. The topological polar surface area (TPSA) is 32.5 Å². The van der Waals surface area contributed by atoms with Gasteiger partial charge in [-0.3, -0.25) is 4.90 Å². The van der Waals surface area contributed by atoms with Gasteiger partial charge >= 0.3 is 0 Å². The van der Waals surface area contributed by atoms with Crippen LogP contribution in [0.2, 0.25) is 5.02 Å². The first-order valence-corrected chi connectivity index (χ1v) is 7.47. The molecule has 106 valence electrons. The van der Waals surface area contributed by atoms with Crippen LogP contribution in [0, 0.1) is 0 Å². The Morgan fingerprint density at radius 1 is 1.47 bits per heavy atom. The number of halogens is 1. The van der Waals surface area contributed by atoms with E-state index in [2.05, 4.69) is 35.9 Å². The Labute approximate surface area is 121 Å². The molecule has 0 saturated carbocycles. The van der Waals surface area contributed by atoms with Gasteiger partial charge in [0.15, 0.2) is 0 Å². The number of likely N-dealkylation sites (N-methyl/N-ethyl adjacent to an activating group) is 2. The van der Waals surface area contributed by atoms with Gasteiger partial charge < -0.3 is 10.6 Å². The van der Waals surface area contributed by atoms with Crippen molar-refractivity contribution in [2.45, 2.75) is 32.4 Å². The summed E-state index contributed by atoms with van der Waals surface area (Å²) in [6.45, 7) is 6.18. The van der Waals surface area contributed by atoms with Crippen LogP contribution in [0.4, 0.5) is 5.69 Å². The largest absolute Gasteiger partial charge is 0.372 e. The minimum atomic E-state index is 0.538. The summed E-state index contributed by atoms with van der Waals surface area (Å²) in [7, 11) is 2.12. The maximum Gasteiger partial charge on any atom is 0.0642 e. The first-order chi connectivity index (χ1) is 9.15. The molecule has 0 aromatic heterocycles. The Kier molecular flexibility index (Phi) is 5.08. The third-order valence-corrected chi connectivity index (χ3v) is 4.35. The van der Waals surface area contributed by atoms with Gasteiger partial charge in [0, 0.05) is 26.2 Å². The first kappa shape index (κ1) is 14.6. The Morgan fingerprint density at radius 2 is 2.26 bits per heavy atom. The summed E-state index contributed by atoms with van der Waals surface area (Å²) in [5.74, 6) is 0. The van der Waals surface area contributed by atoms with E-state index in [0.29, 0.717) is 12.6 Å². The van der Waals surface area contributed by atoms with Gasteiger partial charge in [0.2, 0.25) is 0 Å². The molecule has 1 aliphatic heterocycles. The highest BCUT2D eigenvalue weighted by Gasteiger charge is 2.24. The molecule has 1 aromatic rings. The Bertz CT molecular complexity index is 422. The van der Waals surface area contributed by atoms with Crippen LogP contribution in [0.1, 0.15) is 25.3 Å². The lowest BCUT2D eigenvalue weighted by Crippen LogP contribution is -2.38. The second-order valence-electron chi connectivity index (χ2n) is 5.30. The predicted octanol–water partition coefficient (Wildman–Crippen LogP) is 2.72. The average molecular weight is 282 g/mol. The van der Waals surface area contributed by atoms with Gasteiger partial charge in [0.25, 0.3) is 0 Å². The molecule has 2 rings (SSSR count). The van der Waals surface area contributed by atoms with E-state index in [1.165, 1.54) is 19.4 Å². The molecule has 1 unspecified atom stereocenters. The van der Waals surface area contributed by atoms with Crippen LogP contribution in [0.3, 0.4) is 0 Å². The summed E-state index contributed by atoms with van der Waals surface area (Å²) in [6.07, 6.45) is 2.60. The van der Waals surface area contributed by atoms with Crippen molar-refractivity contribution in [2.75, 3.05) is 31.6 Å². The second kappa shape index (κ2) is 6.60. The zero-order valence-corrected chi connectivity index (χ0v) is 12.7. The predicted molar refractivity (Wildman–Crippen MR) is 82.9 cm³/mol. The molecule has 0 spiro atoms. The number of benzene rings is 1. The van der Waals surface area contributed by atoms with Gasteiger partial charge in [0.1, 0.15) is 0 Å². The maximum absolute atomic E-state index is 6.35. The van der Waals surface area contributed by atoms with Crippen molar-refractivity contribution in [3.05, 3.63) is 28.8 Å². The summed E-state index contributed by atoms with van der Waals surface area (Å²) < 4.78 is 0. The molecule has 0 radical (unpaired) electrons. The number of nitrogens with zero attached hydrogens (tertiary/aromatic N) is 2. The lowest BCUT2D eigenvalue weighted by molar-refractivity contribution is 0.270. The number of rotatable bonds is 5. The third kappa shape index (κ3) is 3.41. The fraction of sp³-hybridized carbons (Fsp3) is 0.600. The highest BCUT2D eigenvalue weighted by atomic mass is 35.5. The summed E-state index contributed by atoms with van der Waals surface area (Å²) in [5.41, 5.74) is 7.81. The molecule has 3 nitrogen and oxygen atoms in total. The quantitative estimate of drug-likeness (QED) is 0.901. The zero-order chi connectivity index (χ0) is 13.8. The zero-order valence-electron chi connectivity index (χ0n) is 11.9. The van der Waals surface area contributed by atoms with E-state index in [4.69, 9.17) is 17.3 Å². The van der Waals surface area contributed by atoms with Crippen molar-refractivity contribution in [3.63, 3.8) is 0 Å². The van der Waals surface area contributed by atoms with E-state index in [9.17, 15) is 0 Å². The van der Waals surface area contributed by atoms with E-state index in [0.717, 1.165) is 29.4 Å². The van der Waals surface area contributed by atoms with Crippen molar-refractivity contribution in [3.8, 4) is 0 Å². The van der Waals surface area contributed by atoms with E-state index < -0.39 is 0 Å². The normalized spacial score (nSPS) is 19.9. The minimum Gasteiger partial charge on any atom is -0.372 e. The first-order valence-electron chi connectivity index (χ1n) is 7.09. The van der Waals surface area contributed by atoms with Crippen LogP contribution in [0.15, 0.2) is 18.2 Å². The fourth-order valence-electron chi connectivity index (χ4n) is 2.92. The van der Waals surface area contributed by atoms with Gasteiger partial charge in [0.05, 0.1) is 10.7 Å². The van der Waals surface area contributed by atoms with Crippen LogP contribution in [-0.4, -0.2) is 37.6 Å². The molecule has 0 amide bonds. The van der Waals surface area contributed by atoms with Crippen LogP contribution < -0.4 is 10.6 Å². The number of nitrogens with two attached hydrogens (primary N) is 1. The number of hydrogen-bond acceptors (Lipinski definition) is 3. The molecule has 19 heavy (non-hydrogen) atoms. The lowest BCUT2D eigenvalue weighted by atomic mass is 10.1. The third-order valence-electron chi connectivity index (χ3n) is 4.05. The molecule has 0 bridgehead atoms. The van der Waals surface area contributed by atoms with Gasteiger partial charge in [-0.25, -0.2) is 0 Å². The molecule has 1 atom stereocenters. The summed E-state index contributed by atoms with van der Waals surface area (Å²) in [4.78, 5) is 4.82. The van der Waals surface area contributed by atoms with Gasteiger partial charge in [-0.1, -0.05) is 24.6 Å². The van der Waals surface area contributed by atoms with Gasteiger partial charge in [-0.15, -0.1) is 0 Å². The Balaban J connectivity index is 2.05. The summed E-state index contributed by atoms with van der Waals surface area (Å²) in [6, 6.07) is 6.76. The molecule has 1 heterocycles. The molecule has 1 aromatic carbocycles. The van der Waals surface area contributed by atoms with Crippen LogP contribution in [0.25, 0.3) is 0 Å². The van der Waals surface area contributed by atoms with Crippen molar-refractivity contribution in [1.29, 1.82) is 0 Å². The minimum absolute atomic E-state index is 0.538. The standard InChI is InChI=1S/C15H24ClN3/c1-3-19-8-4-5-13(19)11-18(2)15-7-6-12(10-17)9-14(15)16/h6-7,9,13H,3-5,8,10-11,17H2,1-2H3. The Hall–Kier alpha value is -0.770. The maximum atomic E-state index is 6.35. The molecule has 4 heteroatoms. The van der Waals surface area contributed by atoms with E-state index in [1.54, 1.807) is 0 Å². The van der Waals surface area contributed by atoms with Crippen molar-refractivity contribution in [2.24, 2.45) is 5.73 Å². The van der Waals surface area contributed by atoms with E-state index >= 15 is 0 Å². The molecule has 1 aliphatic rings. The molecule has 1 saturated heterocycles. The van der Waals surface area contributed by atoms with Crippen LogP contribution in [-0.2, 0) is 6.54 Å².